The van der Waals surface area contributed by atoms with Crippen LogP contribution in [-0.4, -0.2) is 26.8 Å². The average molecular weight is 298 g/mol. The van der Waals surface area contributed by atoms with Crippen LogP contribution in [0.5, 0.6) is 0 Å². The minimum absolute atomic E-state index is 0.755. The van der Waals surface area contributed by atoms with Gasteiger partial charge in [0.05, 0.1) is 6.61 Å². The third kappa shape index (κ3) is 5.48. The third-order valence-corrected chi connectivity index (χ3v) is 3.37. The highest BCUT2D eigenvalue weighted by atomic mass is 79.9. The SMILES string of the molecule is COCCNCC(C)=Cc1ccc(Br)c(C)c1. The third-order valence-electron chi connectivity index (χ3n) is 2.48. The van der Waals surface area contributed by atoms with E-state index in [2.05, 4.69) is 59.4 Å². The molecule has 0 heterocycles. The van der Waals surface area contributed by atoms with Crippen molar-refractivity contribution < 1.29 is 4.74 Å². The maximum absolute atomic E-state index is 4.98. The van der Waals surface area contributed by atoms with Gasteiger partial charge in [-0.1, -0.05) is 39.7 Å². The molecule has 0 aliphatic rings. The van der Waals surface area contributed by atoms with E-state index in [1.54, 1.807) is 7.11 Å². The lowest BCUT2D eigenvalue weighted by Gasteiger charge is -2.05. The number of methoxy groups -OCH3 is 1. The minimum atomic E-state index is 0.755. The van der Waals surface area contributed by atoms with E-state index in [4.69, 9.17) is 4.74 Å². The van der Waals surface area contributed by atoms with Crippen molar-refractivity contribution in [3.8, 4) is 0 Å². The largest absolute Gasteiger partial charge is 0.383 e. The van der Waals surface area contributed by atoms with Crippen molar-refractivity contribution in [2.75, 3.05) is 26.8 Å². The Balaban J connectivity index is 2.52. The maximum Gasteiger partial charge on any atom is 0.0587 e. The van der Waals surface area contributed by atoms with Gasteiger partial charge in [0.15, 0.2) is 0 Å². The summed E-state index contributed by atoms with van der Waals surface area (Å²) in [5, 5.41) is 3.33. The Labute approximate surface area is 112 Å². The van der Waals surface area contributed by atoms with Gasteiger partial charge >= 0.3 is 0 Å². The molecular weight excluding hydrogens is 278 g/mol. The summed E-state index contributed by atoms with van der Waals surface area (Å²) in [6.07, 6.45) is 2.21. The molecule has 0 spiro atoms. The van der Waals surface area contributed by atoms with Crippen molar-refractivity contribution in [3.05, 3.63) is 39.4 Å². The van der Waals surface area contributed by atoms with Crippen molar-refractivity contribution in [1.29, 1.82) is 0 Å². The van der Waals surface area contributed by atoms with Gasteiger partial charge in [-0.2, -0.15) is 0 Å². The Kier molecular flexibility index (Phi) is 6.48. The Hall–Kier alpha value is -0.640. The second-order valence-corrected chi connectivity index (χ2v) is 5.02. The van der Waals surface area contributed by atoms with E-state index in [9.17, 15) is 0 Å². The predicted molar refractivity (Wildman–Crippen MR) is 77.3 cm³/mol. The molecule has 0 aromatic heterocycles. The fraction of sp³-hybridized carbons (Fsp3) is 0.429. The van der Waals surface area contributed by atoms with Crippen molar-refractivity contribution in [2.45, 2.75) is 13.8 Å². The van der Waals surface area contributed by atoms with E-state index in [-0.39, 0.29) is 0 Å². The van der Waals surface area contributed by atoms with Gasteiger partial charge in [-0.05, 0) is 31.0 Å². The van der Waals surface area contributed by atoms with Gasteiger partial charge in [-0.25, -0.2) is 0 Å². The zero-order chi connectivity index (χ0) is 12.7. The number of hydrogen-bond donors (Lipinski definition) is 1. The molecule has 94 valence electrons. The molecule has 0 bridgehead atoms. The number of rotatable bonds is 6. The molecule has 0 aliphatic carbocycles. The first kappa shape index (κ1) is 14.4. The summed E-state index contributed by atoms with van der Waals surface area (Å²) in [7, 11) is 1.72. The first-order chi connectivity index (χ1) is 8.13. The number of benzene rings is 1. The second-order valence-electron chi connectivity index (χ2n) is 4.17. The van der Waals surface area contributed by atoms with E-state index in [1.165, 1.54) is 16.7 Å². The fourth-order valence-electron chi connectivity index (χ4n) is 1.55. The maximum atomic E-state index is 4.98. The van der Waals surface area contributed by atoms with Gasteiger partial charge < -0.3 is 10.1 Å². The molecule has 0 saturated carbocycles. The molecule has 0 unspecified atom stereocenters. The molecule has 1 aromatic carbocycles. The number of hydrogen-bond acceptors (Lipinski definition) is 2. The standard InChI is InChI=1S/C14H20BrNO/c1-11(10-16-6-7-17-3)8-13-4-5-14(15)12(2)9-13/h4-5,8-9,16H,6-7,10H2,1-3H3. The lowest BCUT2D eigenvalue weighted by Crippen LogP contribution is -2.20. The van der Waals surface area contributed by atoms with Crippen LogP contribution in [0.3, 0.4) is 0 Å². The molecule has 0 amide bonds. The van der Waals surface area contributed by atoms with Crippen LogP contribution >= 0.6 is 15.9 Å². The van der Waals surface area contributed by atoms with Gasteiger partial charge in [0, 0.05) is 24.7 Å². The van der Waals surface area contributed by atoms with E-state index < -0.39 is 0 Å². The number of nitrogens with one attached hydrogen (secondary N) is 1. The zero-order valence-electron chi connectivity index (χ0n) is 10.7. The molecular formula is C14H20BrNO. The first-order valence-corrected chi connectivity index (χ1v) is 6.55. The van der Waals surface area contributed by atoms with Crippen LogP contribution in [0.15, 0.2) is 28.2 Å². The Morgan fingerprint density at radius 2 is 2.24 bits per heavy atom. The summed E-state index contributed by atoms with van der Waals surface area (Å²) >= 11 is 3.51. The molecule has 3 heteroatoms. The molecule has 1 rings (SSSR count). The number of ether oxygens (including phenoxy) is 1. The van der Waals surface area contributed by atoms with Crippen molar-refractivity contribution >= 4 is 22.0 Å². The van der Waals surface area contributed by atoms with Crippen molar-refractivity contribution in [1.82, 2.24) is 5.32 Å². The molecule has 2 nitrogen and oxygen atoms in total. The first-order valence-electron chi connectivity index (χ1n) is 5.76. The molecule has 0 aliphatic heterocycles. The highest BCUT2D eigenvalue weighted by molar-refractivity contribution is 9.10. The van der Waals surface area contributed by atoms with Crippen LogP contribution in [0, 0.1) is 6.92 Å². The highest BCUT2D eigenvalue weighted by Gasteiger charge is 1.96. The van der Waals surface area contributed by atoms with Crippen molar-refractivity contribution in [3.63, 3.8) is 0 Å². The van der Waals surface area contributed by atoms with Crippen LogP contribution in [0.4, 0.5) is 0 Å². The topological polar surface area (TPSA) is 21.3 Å². The van der Waals surface area contributed by atoms with Gasteiger partial charge in [0.2, 0.25) is 0 Å². The Bertz CT molecular complexity index is 388. The Morgan fingerprint density at radius 1 is 1.47 bits per heavy atom. The fourth-order valence-corrected chi connectivity index (χ4v) is 1.80. The minimum Gasteiger partial charge on any atom is -0.383 e. The van der Waals surface area contributed by atoms with Crippen LogP contribution in [0.1, 0.15) is 18.1 Å². The summed E-state index contributed by atoms with van der Waals surface area (Å²) in [6, 6.07) is 6.39. The van der Waals surface area contributed by atoms with Crippen molar-refractivity contribution in [2.24, 2.45) is 0 Å². The number of aryl methyl sites for hydroxylation is 1. The van der Waals surface area contributed by atoms with Crippen LogP contribution < -0.4 is 5.32 Å². The summed E-state index contributed by atoms with van der Waals surface area (Å²) < 4.78 is 6.14. The normalized spacial score (nSPS) is 11.9. The molecule has 1 N–H and O–H groups in total. The summed E-state index contributed by atoms with van der Waals surface area (Å²) in [5.41, 5.74) is 3.83. The van der Waals surface area contributed by atoms with Gasteiger partial charge in [0.25, 0.3) is 0 Å². The zero-order valence-corrected chi connectivity index (χ0v) is 12.3. The average Bonchev–Trinajstić information content (AvgIpc) is 2.30. The van der Waals surface area contributed by atoms with Gasteiger partial charge in [0.1, 0.15) is 0 Å². The van der Waals surface area contributed by atoms with Crippen LogP contribution in [0.25, 0.3) is 6.08 Å². The van der Waals surface area contributed by atoms with E-state index in [0.29, 0.717) is 0 Å². The van der Waals surface area contributed by atoms with Gasteiger partial charge in [-0.3, -0.25) is 0 Å². The van der Waals surface area contributed by atoms with E-state index >= 15 is 0 Å². The monoisotopic (exact) mass is 297 g/mol. The molecule has 0 radical (unpaired) electrons. The predicted octanol–water partition coefficient (Wildman–Crippen LogP) is 3.40. The quantitative estimate of drug-likeness (QED) is 0.813. The number of halogens is 1. The lowest BCUT2D eigenvalue weighted by molar-refractivity contribution is 0.200. The summed E-state index contributed by atoms with van der Waals surface area (Å²) in [6.45, 7) is 6.79. The van der Waals surface area contributed by atoms with E-state index in [0.717, 1.165) is 24.2 Å². The summed E-state index contributed by atoms with van der Waals surface area (Å²) in [5.74, 6) is 0. The molecule has 17 heavy (non-hydrogen) atoms. The van der Waals surface area contributed by atoms with Crippen LogP contribution in [-0.2, 0) is 4.74 Å². The van der Waals surface area contributed by atoms with Gasteiger partial charge in [-0.15, -0.1) is 0 Å². The van der Waals surface area contributed by atoms with E-state index in [1.807, 2.05) is 0 Å². The highest BCUT2D eigenvalue weighted by Crippen LogP contribution is 2.18. The lowest BCUT2D eigenvalue weighted by atomic mass is 10.1. The molecule has 0 saturated heterocycles. The molecule has 1 aromatic rings. The second kappa shape index (κ2) is 7.64. The molecule has 0 fully saturated rings. The smallest absolute Gasteiger partial charge is 0.0587 e. The summed E-state index contributed by atoms with van der Waals surface area (Å²) in [4.78, 5) is 0. The Morgan fingerprint density at radius 3 is 2.88 bits per heavy atom. The van der Waals surface area contributed by atoms with Crippen LogP contribution in [0.2, 0.25) is 0 Å². The molecule has 0 atom stereocenters.